The standard InChI is InChI=1S/C13H20N2O4S/c1-3-19-9-4-6-15(7-5-9)13-14-10(8-18-2)11(20-13)12(16)17/h9H,3-8H2,1-2H3,(H,16,17). The van der Waals surface area contributed by atoms with Crippen LogP contribution in [0.15, 0.2) is 0 Å². The van der Waals surface area contributed by atoms with Crippen molar-refractivity contribution in [3.05, 3.63) is 10.6 Å². The van der Waals surface area contributed by atoms with Gasteiger partial charge in [0.25, 0.3) is 0 Å². The number of nitrogens with zero attached hydrogens (tertiary/aromatic N) is 2. The highest BCUT2D eigenvalue weighted by Crippen LogP contribution is 2.29. The van der Waals surface area contributed by atoms with Crippen molar-refractivity contribution in [1.29, 1.82) is 0 Å². The van der Waals surface area contributed by atoms with Gasteiger partial charge in [-0.2, -0.15) is 0 Å². The van der Waals surface area contributed by atoms with Gasteiger partial charge in [-0.15, -0.1) is 0 Å². The van der Waals surface area contributed by atoms with Gasteiger partial charge in [0.2, 0.25) is 0 Å². The van der Waals surface area contributed by atoms with E-state index in [0.29, 0.717) is 11.8 Å². The summed E-state index contributed by atoms with van der Waals surface area (Å²) in [6.07, 6.45) is 2.22. The predicted octanol–water partition coefficient (Wildman–Crippen LogP) is 1.99. The molecule has 2 rings (SSSR count). The lowest BCUT2D eigenvalue weighted by Gasteiger charge is -2.31. The van der Waals surface area contributed by atoms with Gasteiger partial charge in [0, 0.05) is 26.8 Å². The van der Waals surface area contributed by atoms with Crippen molar-refractivity contribution in [2.45, 2.75) is 32.5 Å². The molecule has 0 bridgehead atoms. The van der Waals surface area contributed by atoms with E-state index in [2.05, 4.69) is 9.88 Å². The second-order valence-corrected chi connectivity index (χ2v) is 5.63. The number of methoxy groups -OCH3 is 1. The molecule has 1 aliphatic rings. The number of carboxylic acid groups (broad SMARTS) is 1. The van der Waals surface area contributed by atoms with Gasteiger partial charge < -0.3 is 19.5 Å². The lowest BCUT2D eigenvalue weighted by molar-refractivity contribution is 0.0459. The van der Waals surface area contributed by atoms with E-state index in [0.717, 1.165) is 37.7 Å². The summed E-state index contributed by atoms with van der Waals surface area (Å²) >= 11 is 1.22. The van der Waals surface area contributed by atoms with Crippen LogP contribution in [0.25, 0.3) is 0 Å². The predicted molar refractivity (Wildman–Crippen MR) is 76.6 cm³/mol. The molecule has 1 fully saturated rings. The number of rotatable bonds is 6. The summed E-state index contributed by atoms with van der Waals surface area (Å²) in [6.45, 7) is 4.67. The van der Waals surface area contributed by atoms with Crippen LogP contribution in [-0.4, -0.2) is 49.0 Å². The van der Waals surface area contributed by atoms with Crippen molar-refractivity contribution in [2.24, 2.45) is 0 Å². The molecule has 20 heavy (non-hydrogen) atoms. The molecule has 7 heteroatoms. The van der Waals surface area contributed by atoms with Gasteiger partial charge in [0.05, 0.1) is 18.4 Å². The van der Waals surface area contributed by atoms with Crippen molar-refractivity contribution < 1.29 is 19.4 Å². The zero-order valence-electron chi connectivity index (χ0n) is 11.8. The van der Waals surface area contributed by atoms with Gasteiger partial charge in [-0.25, -0.2) is 9.78 Å². The third kappa shape index (κ3) is 3.47. The van der Waals surface area contributed by atoms with E-state index in [1.165, 1.54) is 18.4 Å². The fraction of sp³-hybridized carbons (Fsp3) is 0.692. The Kier molecular flexibility index (Phi) is 5.33. The van der Waals surface area contributed by atoms with E-state index in [1.54, 1.807) is 0 Å². The van der Waals surface area contributed by atoms with Crippen LogP contribution >= 0.6 is 11.3 Å². The molecular weight excluding hydrogens is 280 g/mol. The third-order valence-corrected chi connectivity index (χ3v) is 4.42. The number of carboxylic acids is 1. The molecule has 0 radical (unpaired) electrons. The van der Waals surface area contributed by atoms with Crippen LogP contribution in [0.5, 0.6) is 0 Å². The first-order chi connectivity index (χ1) is 9.65. The largest absolute Gasteiger partial charge is 0.477 e. The number of piperidine rings is 1. The summed E-state index contributed by atoms with van der Waals surface area (Å²) in [5.74, 6) is -0.940. The number of aromatic carboxylic acids is 1. The van der Waals surface area contributed by atoms with Crippen LogP contribution in [-0.2, 0) is 16.1 Å². The minimum atomic E-state index is -0.940. The van der Waals surface area contributed by atoms with Crippen LogP contribution in [0.4, 0.5) is 5.13 Å². The monoisotopic (exact) mass is 300 g/mol. The van der Waals surface area contributed by atoms with Crippen LogP contribution in [0.3, 0.4) is 0 Å². The van der Waals surface area contributed by atoms with Gasteiger partial charge in [-0.3, -0.25) is 0 Å². The van der Waals surface area contributed by atoms with Crippen molar-refractivity contribution >= 4 is 22.4 Å². The van der Waals surface area contributed by atoms with Crippen LogP contribution in [0.2, 0.25) is 0 Å². The maximum Gasteiger partial charge on any atom is 0.347 e. The first-order valence-electron chi connectivity index (χ1n) is 6.74. The first kappa shape index (κ1) is 15.2. The molecule has 0 spiro atoms. The van der Waals surface area contributed by atoms with Crippen LogP contribution in [0.1, 0.15) is 35.1 Å². The number of hydrogen-bond acceptors (Lipinski definition) is 6. The van der Waals surface area contributed by atoms with E-state index in [1.807, 2.05) is 6.92 Å². The van der Waals surface area contributed by atoms with Gasteiger partial charge in [0.1, 0.15) is 4.88 Å². The molecule has 1 aromatic rings. The van der Waals surface area contributed by atoms with Crippen LogP contribution in [0, 0.1) is 0 Å². The van der Waals surface area contributed by atoms with Crippen molar-refractivity contribution in [3.8, 4) is 0 Å². The Balaban J connectivity index is 2.06. The molecule has 0 atom stereocenters. The lowest BCUT2D eigenvalue weighted by atomic mass is 10.1. The number of aromatic nitrogens is 1. The normalized spacial score (nSPS) is 16.6. The molecule has 112 valence electrons. The van der Waals surface area contributed by atoms with E-state index in [4.69, 9.17) is 9.47 Å². The number of carbonyl (C=O) groups is 1. The average Bonchev–Trinajstić information content (AvgIpc) is 2.85. The van der Waals surface area contributed by atoms with Gasteiger partial charge in [-0.1, -0.05) is 11.3 Å². The minimum Gasteiger partial charge on any atom is -0.477 e. The molecule has 0 saturated carbocycles. The van der Waals surface area contributed by atoms with Gasteiger partial charge in [-0.05, 0) is 19.8 Å². The maximum absolute atomic E-state index is 11.2. The summed E-state index contributed by atoms with van der Waals surface area (Å²) in [6, 6.07) is 0. The Bertz CT molecular complexity index is 455. The zero-order valence-corrected chi connectivity index (χ0v) is 12.6. The summed E-state index contributed by atoms with van der Waals surface area (Å²) in [7, 11) is 1.54. The van der Waals surface area contributed by atoms with Crippen molar-refractivity contribution in [1.82, 2.24) is 4.98 Å². The summed E-state index contributed by atoms with van der Waals surface area (Å²) in [5, 5.41) is 9.96. The lowest BCUT2D eigenvalue weighted by Crippen LogP contribution is -2.37. The van der Waals surface area contributed by atoms with E-state index >= 15 is 0 Å². The summed E-state index contributed by atoms with van der Waals surface area (Å²) in [4.78, 5) is 18.0. The van der Waals surface area contributed by atoms with E-state index in [-0.39, 0.29) is 11.5 Å². The third-order valence-electron chi connectivity index (χ3n) is 3.28. The molecule has 6 nitrogen and oxygen atoms in total. The Morgan fingerprint density at radius 3 is 2.75 bits per heavy atom. The molecule has 2 heterocycles. The topological polar surface area (TPSA) is 71.9 Å². The number of anilines is 1. The van der Waals surface area contributed by atoms with E-state index < -0.39 is 5.97 Å². The van der Waals surface area contributed by atoms with Gasteiger partial charge in [0.15, 0.2) is 5.13 Å². The molecule has 0 amide bonds. The zero-order chi connectivity index (χ0) is 14.5. The molecule has 0 aliphatic carbocycles. The Morgan fingerprint density at radius 1 is 1.50 bits per heavy atom. The number of thiazole rings is 1. The molecule has 1 aromatic heterocycles. The second-order valence-electron chi connectivity index (χ2n) is 4.65. The van der Waals surface area contributed by atoms with Crippen molar-refractivity contribution in [3.63, 3.8) is 0 Å². The maximum atomic E-state index is 11.2. The summed E-state index contributed by atoms with van der Waals surface area (Å²) in [5.41, 5.74) is 0.506. The SMILES string of the molecule is CCOC1CCN(c2nc(COC)c(C(=O)O)s2)CC1. The highest BCUT2D eigenvalue weighted by atomic mass is 32.1. The molecular formula is C13H20N2O4S. The molecule has 1 saturated heterocycles. The fourth-order valence-corrected chi connectivity index (χ4v) is 3.29. The number of hydrogen-bond donors (Lipinski definition) is 1. The Hall–Kier alpha value is -1.18. The average molecular weight is 300 g/mol. The number of ether oxygens (including phenoxy) is 2. The van der Waals surface area contributed by atoms with Gasteiger partial charge >= 0.3 is 5.97 Å². The van der Waals surface area contributed by atoms with Crippen LogP contribution < -0.4 is 4.90 Å². The Labute approximate surface area is 122 Å². The summed E-state index contributed by atoms with van der Waals surface area (Å²) < 4.78 is 10.6. The minimum absolute atomic E-state index is 0.230. The molecule has 0 unspecified atom stereocenters. The quantitative estimate of drug-likeness (QED) is 0.866. The van der Waals surface area contributed by atoms with E-state index in [9.17, 15) is 9.90 Å². The molecule has 1 N–H and O–H groups in total. The van der Waals surface area contributed by atoms with Crippen molar-refractivity contribution in [2.75, 3.05) is 31.7 Å². The highest BCUT2D eigenvalue weighted by molar-refractivity contribution is 7.17. The fourth-order valence-electron chi connectivity index (χ4n) is 2.33. The Morgan fingerprint density at radius 2 is 2.20 bits per heavy atom. The highest BCUT2D eigenvalue weighted by Gasteiger charge is 2.24. The smallest absolute Gasteiger partial charge is 0.347 e. The second kappa shape index (κ2) is 7.01. The first-order valence-corrected chi connectivity index (χ1v) is 7.55. The molecule has 0 aromatic carbocycles. The molecule has 1 aliphatic heterocycles.